The predicted molar refractivity (Wildman–Crippen MR) is 65.8 cm³/mol. The topological polar surface area (TPSA) is 49.8 Å². The molecule has 1 amide bonds. The van der Waals surface area contributed by atoms with Crippen LogP contribution >= 0.6 is 0 Å². The number of carbonyl (C=O) groups is 1. The Kier molecular flexibility index (Phi) is 4.67. The van der Waals surface area contributed by atoms with Gasteiger partial charge in [-0.15, -0.1) is 0 Å². The number of carbonyl (C=O) groups excluding carboxylic acids is 1. The van der Waals surface area contributed by atoms with Crippen LogP contribution in [0, 0.1) is 5.82 Å². The number of rotatable bonds is 5. The lowest BCUT2D eigenvalue weighted by molar-refractivity contribution is -0.138. The molecular weight excluding hydrogens is 237 g/mol. The predicted octanol–water partition coefficient (Wildman–Crippen LogP) is 1.43. The van der Waals surface area contributed by atoms with E-state index < -0.39 is 5.54 Å². The van der Waals surface area contributed by atoms with Crippen molar-refractivity contribution in [2.45, 2.75) is 19.4 Å². The first-order chi connectivity index (χ1) is 8.36. The Labute approximate surface area is 106 Å². The lowest BCUT2D eigenvalue weighted by Gasteiger charge is -2.33. The second-order valence-corrected chi connectivity index (χ2v) is 4.67. The third-order valence-corrected chi connectivity index (χ3v) is 2.84. The Morgan fingerprint density at radius 2 is 1.94 bits per heavy atom. The molecule has 1 rings (SSSR count). The van der Waals surface area contributed by atoms with Gasteiger partial charge in [0.25, 0.3) is 5.91 Å². The maximum absolute atomic E-state index is 12.7. The Hall–Kier alpha value is -1.62. The van der Waals surface area contributed by atoms with Crippen molar-refractivity contribution in [2.75, 3.05) is 20.3 Å². The van der Waals surface area contributed by atoms with Crippen LogP contribution < -0.4 is 4.74 Å². The van der Waals surface area contributed by atoms with Crippen molar-refractivity contribution in [2.24, 2.45) is 0 Å². The van der Waals surface area contributed by atoms with Gasteiger partial charge in [0.1, 0.15) is 11.6 Å². The third-order valence-electron chi connectivity index (χ3n) is 2.84. The van der Waals surface area contributed by atoms with Crippen LogP contribution in [0.15, 0.2) is 24.3 Å². The molecule has 1 aromatic carbocycles. The van der Waals surface area contributed by atoms with Gasteiger partial charge in [0.05, 0.1) is 12.1 Å². The van der Waals surface area contributed by atoms with Crippen molar-refractivity contribution in [3.05, 3.63) is 30.1 Å². The smallest absolute Gasteiger partial charge is 0.260 e. The van der Waals surface area contributed by atoms with Gasteiger partial charge in [-0.25, -0.2) is 4.39 Å². The SMILES string of the molecule is CN(C(=O)COc1ccc(F)cc1)C(C)(C)CO. The Morgan fingerprint density at radius 3 is 2.44 bits per heavy atom. The normalized spacial score (nSPS) is 11.2. The summed E-state index contributed by atoms with van der Waals surface area (Å²) >= 11 is 0. The number of likely N-dealkylation sites (N-methyl/N-ethyl adjacent to an activating group) is 1. The highest BCUT2D eigenvalue weighted by atomic mass is 19.1. The number of hydrogen-bond acceptors (Lipinski definition) is 3. The molecule has 0 spiro atoms. The molecule has 0 saturated carbocycles. The van der Waals surface area contributed by atoms with E-state index in [1.54, 1.807) is 20.9 Å². The van der Waals surface area contributed by atoms with Crippen molar-refractivity contribution >= 4 is 5.91 Å². The van der Waals surface area contributed by atoms with E-state index in [2.05, 4.69) is 0 Å². The zero-order valence-electron chi connectivity index (χ0n) is 10.8. The molecule has 0 fully saturated rings. The van der Waals surface area contributed by atoms with Gasteiger partial charge in [-0.2, -0.15) is 0 Å². The lowest BCUT2D eigenvalue weighted by Crippen LogP contribution is -2.49. The standard InChI is InChI=1S/C13H18FNO3/c1-13(2,9-16)15(3)12(17)8-18-11-6-4-10(14)5-7-11/h4-7,16H,8-9H2,1-3H3. The summed E-state index contributed by atoms with van der Waals surface area (Å²) in [6, 6.07) is 5.45. The second-order valence-electron chi connectivity index (χ2n) is 4.67. The van der Waals surface area contributed by atoms with Crippen molar-refractivity contribution < 1.29 is 19.0 Å². The minimum absolute atomic E-state index is 0.133. The van der Waals surface area contributed by atoms with Crippen LogP contribution in [0.5, 0.6) is 5.75 Å². The Bertz CT molecular complexity index is 403. The van der Waals surface area contributed by atoms with E-state index in [0.717, 1.165) is 0 Å². The van der Waals surface area contributed by atoms with E-state index in [-0.39, 0.29) is 24.9 Å². The van der Waals surface area contributed by atoms with E-state index in [0.29, 0.717) is 5.75 Å². The number of aliphatic hydroxyl groups excluding tert-OH is 1. The van der Waals surface area contributed by atoms with Crippen molar-refractivity contribution in [1.29, 1.82) is 0 Å². The van der Waals surface area contributed by atoms with Gasteiger partial charge in [-0.3, -0.25) is 4.79 Å². The van der Waals surface area contributed by atoms with Gasteiger partial charge < -0.3 is 14.7 Å². The van der Waals surface area contributed by atoms with Crippen LogP contribution in [0.4, 0.5) is 4.39 Å². The molecule has 0 radical (unpaired) electrons. The van der Waals surface area contributed by atoms with Gasteiger partial charge in [-0.1, -0.05) is 0 Å². The number of ether oxygens (including phenoxy) is 1. The van der Waals surface area contributed by atoms with Gasteiger partial charge in [0, 0.05) is 7.05 Å². The van der Waals surface area contributed by atoms with Crippen LogP contribution in [0.2, 0.25) is 0 Å². The van der Waals surface area contributed by atoms with Gasteiger partial charge in [-0.05, 0) is 38.1 Å². The highest BCUT2D eigenvalue weighted by Crippen LogP contribution is 2.14. The molecular formula is C13H18FNO3. The molecule has 0 aliphatic heterocycles. The number of aliphatic hydroxyl groups is 1. The summed E-state index contributed by atoms with van der Waals surface area (Å²) in [6.07, 6.45) is 0. The first-order valence-corrected chi connectivity index (χ1v) is 5.63. The Morgan fingerprint density at radius 1 is 1.39 bits per heavy atom. The highest BCUT2D eigenvalue weighted by Gasteiger charge is 2.26. The van der Waals surface area contributed by atoms with Crippen LogP contribution in [0.25, 0.3) is 0 Å². The largest absolute Gasteiger partial charge is 0.484 e. The first-order valence-electron chi connectivity index (χ1n) is 5.63. The summed E-state index contributed by atoms with van der Waals surface area (Å²) < 4.78 is 17.9. The summed E-state index contributed by atoms with van der Waals surface area (Å²) in [4.78, 5) is 13.2. The fourth-order valence-corrected chi connectivity index (χ4v) is 1.22. The lowest BCUT2D eigenvalue weighted by atomic mass is 10.1. The molecule has 18 heavy (non-hydrogen) atoms. The first kappa shape index (κ1) is 14.4. The van der Waals surface area contributed by atoms with Crippen LogP contribution in [0.1, 0.15) is 13.8 Å². The van der Waals surface area contributed by atoms with Crippen molar-refractivity contribution in [3.8, 4) is 5.75 Å². The average Bonchev–Trinajstić information content (AvgIpc) is 2.36. The molecule has 4 nitrogen and oxygen atoms in total. The zero-order chi connectivity index (χ0) is 13.8. The number of benzene rings is 1. The molecule has 0 aliphatic rings. The zero-order valence-corrected chi connectivity index (χ0v) is 10.8. The molecule has 1 N–H and O–H groups in total. The monoisotopic (exact) mass is 255 g/mol. The molecule has 0 unspecified atom stereocenters. The molecule has 0 aromatic heterocycles. The van der Waals surface area contributed by atoms with Crippen molar-refractivity contribution in [1.82, 2.24) is 4.90 Å². The van der Waals surface area contributed by atoms with E-state index >= 15 is 0 Å². The molecule has 0 saturated heterocycles. The summed E-state index contributed by atoms with van der Waals surface area (Å²) in [7, 11) is 1.60. The maximum atomic E-state index is 12.7. The van der Waals surface area contributed by atoms with Gasteiger partial charge in [0.2, 0.25) is 0 Å². The Balaban J connectivity index is 2.53. The summed E-state index contributed by atoms with van der Waals surface area (Å²) in [5, 5.41) is 9.15. The van der Waals surface area contributed by atoms with E-state index in [9.17, 15) is 9.18 Å². The maximum Gasteiger partial charge on any atom is 0.260 e. The second kappa shape index (κ2) is 5.82. The third kappa shape index (κ3) is 3.70. The number of halogens is 1. The van der Waals surface area contributed by atoms with Crippen LogP contribution in [0.3, 0.4) is 0 Å². The fraction of sp³-hybridized carbons (Fsp3) is 0.462. The minimum atomic E-state index is -0.636. The number of hydrogen-bond donors (Lipinski definition) is 1. The van der Waals surface area contributed by atoms with E-state index in [1.807, 2.05) is 0 Å². The quantitative estimate of drug-likeness (QED) is 0.866. The molecule has 0 heterocycles. The van der Waals surface area contributed by atoms with Crippen LogP contribution in [-0.4, -0.2) is 41.7 Å². The van der Waals surface area contributed by atoms with Gasteiger partial charge >= 0.3 is 0 Å². The molecule has 0 aliphatic carbocycles. The number of nitrogens with zero attached hydrogens (tertiary/aromatic N) is 1. The summed E-state index contributed by atoms with van der Waals surface area (Å²) in [5.74, 6) is -0.175. The fourth-order valence-electron chi connectivity index (χ4n) is 1.22. The minimum Gasteiger partial charge on any atom is -0.484 e. The molecule has 1 aromatic rings. The van der Waals surface area contributed by atoms with E-state index in [1.165, 1.54) is 29.2 Å². The van der Waals surface area contributed by atoms with Crippen molar-refractivity contribution in [3.63, 3.8) is 0 Å². The molecule has 0 atom stereocenters. The molecule has 100 valence electrons. The molecule has 5 heteroatoms. The number of amides is 1. The summed E-state index contributed by atoms with van der Waals surface area (Å²) in [6.45, 7) is 3.23. The van der Waals surface area contributed by atoms with E-state index in [4.69, 9.17) is 9.84 Å². The summed E-state index contributed by atoms with van der Waals surface area (Å²) in [5.41, 5.74) is -0.636. The van der Waals surface area contributed by atoms with Gasteiger partial charge in [0.15, 0.2) is 6.61 Å². The highest BCUT2D eigenvalue weighted by molar-refractivity contribution is 5.78. The molecule has 0 bridgehead atoms. The average molecular weight is 255 g/mol. The van der Waals surface area contributed by atoms with Crippen LogP contribution in [-0.2, 0) is 4.79 Å².